The van der Waals surface area contributed by atoms with Crippen molar-refractivity contribution in [3.05, 3.63) is 17.5 Å². The fourth-order valence-corrected chi connectivity index (χ4v) is 3.13. The third-order valence-electron chi connectivity index (χ3n) is 3.19. The second kappa shape index (κ2) is 5.41. The van der Waals surface area contributed by atoms with Crippen LogP contribution in [0.5, 0.6) is 0 Å². The predicted molar refractivity (Wildman–Crippen MR) is 77.2 cm³/mol. The largest absolute Gasteiger partial charge is 0.478 e. The minimum Gasteiger partial charge on any atom is -0.478 e. The van der Waals surface area contributed by atoms with Crippen LogP contribution < -0.4 is 0 Å². The van der Waals surface area contributed by atoms with Crippen molar-refractivity contribution in [3.63, 3.8) is 0 Å². The summed E-state index contributed by atoms with van der Waals surface area (Å²) in [5, 5.41) is 23.9. The number of fused-ring (bicyclic) bond motifs is 1. The van der Waals surface area contributed by atoms with Crippen molar-refractivity contribution < 1.29 is 15.0 Å². The molecule has 0 saturated carbocycles. The summed E-state index contributed by atoms with van der Waals surface area (Å²) in [5.74, 6) is -1.03. The van der Waals surface area contributed by atoms with Crippen LogP contribution >= 0.6 is 11.8 Å². The molecule has 2 heterocycles. The molecule has 108 valence electrons. The average molecular weight is 295 g/mol. The molecule has 2 atom stereocenters. The van der Waals surface area contributed by atoms with Crippen molar-refractivity contribution >= 4 is 28.8 Å². The quantitative estimate of drug-likeness (QED) is 0.837. The highest BCUT2D eigenvalue weighted by molar-refractivity contribution is 8.00. The predicted octanol–water partition coefficient (Wildman–Crippen LogP) is 1.84. The van der Waals surface area contributed by atoms with E-state index >= 15 is 0 Å². The van der Waals surface area contributed by atoms with Crippen molar-refractivity contribution in [3.8, 4) is 0 Å². The number of aliphatic hydroxyl groups excluding tert-OH is 1. The molecular formula is C13H17N3O3S. The Morgan fingerprint density at radius 1 is 1.45 bits per heavy atom. The van der Waals surface area contributed by atoms with Crippen LogP contribution in [0.3, 0.4) is 0 Å². The minimum absolute atomic E-state index is 0.127. The van der Waals surface area contributed by atoms with Crippen LogP contribution in [0.2, 0.25) is 0 Å². The molecule has 2 unspecified atom stereocenters. The lowest BCUT2D eigenvalue weighted by molar-refractivity contribution is 0.0693. The molecule has 0 amide bonds. The molecule has 2 aromatic heterocycles. The Balaban J connectivity index is 2.68. The molecular weight excluding hydrogens is 278 g/mol. The van der Waals surface area contributed by atoms with Gasteiger partial charge in [0.1, 0.15) is 0 Å². The van der Waals surface area contributed by atoms with E-state index in [-0.39, 0.29) is 10.8 Å². The highest BCUT2D eigenvalue weighted by Gasteiger charge is 2.22. The molecule has 2 N–H and O–H groups in total. The number of aromatic nitrogens is 3. The van der Waals surface area contributed by atoms with E-state index in [0.717, 1.165) is 11.1 Å². The summed E-state index contributed by atoms with van der Waals surface area (Å²) >= 11 is 1.34. The number of pyridine rings is 1. The van der Waals surface area contributed by atoms with Crippen molar-refractivity contribution in [2.45, 2.75) is 37.0 Å². The zero-order valence-electron chi connectivity index (χ0n) is 11.8. The maximum atomic E-state index is 11.4. The number of aryl methyl sites for hydroxylation is 2. The summed E-state index contributed by atoms with van der Waals surface area (Å²) in [7, 11) is 1.77. The maximum absolute atomic E-state index is 11.4. The summed E-state index contributed by atoms with van der Waals surface area (Å²) in [5.41, 5.74) is 1.53. The van der Waals surface area contributed by atoms with Crippen molar-refractivity contribution in [1.82, 2.24) is 14.8 Å². The van der Waals surface area contributed by atoms with E-state index in [4.69, 9.17) is 0 Å². The molecule has 6 nitrogen and oxygen atoms in total. The van der Waals surface area contributed by atoms with Gasteiger partial charge in [-0.2, -0.15) is 5.10 Å². The molecule has 20 heavy (non-hydrogen) atoms. The van der Waals surface area contributed by atoms with Crippen molar-refractivity contribution in [2.75, 3.05) is 0 Å². The Labute approximate surface area is 120 Å². The van der Waals surface area contributed by atoms with Gasteiger partial charge in [-0.05, 0) is 13.8 Å². The molecule has 0 fully saturated rings. The van der Waals surface area contributed by atoms with Crippen molar-refractivity contribution in [1.29, 1.82) is 0 Å². The summed E-state index contributed by atoms with van der Waals surface area (Å²) in [6, 6.07) is 0. The fourth-order valence-electron chi connectivity index (χ4n) is 1.94. The number of nitrogens with zero attached hydrogens (tertiary/aromatic N) is 3. The zero-order valence-corrected chi connectivity index (χ0v) is 12.6. The average Bonchev–Trinajstić information content (AvgIpc) is 2.65. The van der Waals surface area contributed by atoms with Crippen LogP contribution in [0.15, 0.2) is 11.1 Å². The van der Waals surface area contributed by atoms with Crippen LogP contribution in [0.1, 0.15) is 29.9 Å². The van der Waals surface area contributed by atoms with Gasteiger partial charge in [0.15, 0.2) is 5.65 Å². The molecule has 2 rings (SSSR count). The van der Waals surface area contributed by atoms with E-state index in [1.54, 1.807) is 18.7 Å². The van der Waals surface area contributed by atoms with Crippen LogP contribution in [0.4, 0.5) is 0 Å². The number of carboxylic acids is 1. The van der Waals surface area contributed by atoms with Gasteiger partial charge in [-0.25, -0.2) is 9.78 Å². The van der Waals surface area contributed by atoms with Gasteiger partial charge >= 0.3 is 5.97 Å². The van der Waals surface area contributed by atoms with E-state index in [2.05, 4.69) is 10.1 Å². The van der Waals surface area contributed by atoms with Gasteiger partial charge in [-0.3, -0.25) is 4.68 Å². The monoisotopic (exact) mass is 295 g/mol. The SMILES string of the molecule is Cc1nn(C)c2ncc(C(=O)O)c(SC(C)C(C)O)c12. The first kappa shape index (κ1) is 14.8. The van der Waals surface area contributed by atoms with Crippen LogP contribution in [0.25, 0.3) is 11.0 Å². The van der Waals surface area contributed by atoms with Gasteiger partial charge in [0, 0.05) is 23.4 Å². The Bertz CT molecular complexity index is 666. The molecule has 0 aliphatic heterocycles. The lowest BCUT2D eigenvalue weighted by Gasteiger charge is -2.16. The Hall–Kier alpha value is -1.60. The Kier molecular flexibility index (Phi) is 4.01. The van der Waals surface area contributed by atoms with Crippen molar-refractivity contribution in [2.24, 2.45) is 7.05 Å². The molecule has 2 aromatic rings. The third-order valence-corrected chi connectivity index (χ3v) is 4.62. The number of carbonyl (C=O) groups is 1. The lowest BCUT2D eigenvalue weighted by atomic mass is 10.2. The lowest BCUT2D eigenvalue weighted by Crippen LogP contribution is -2.16. The molecule has 0 aliphatic rings. The summed E-state index contributed by atoms with van der Waals surface area (Å²) in [4.78, 5) is 16.2. The highest BCUT2D eigenvalue weighted by Crippen LogP contribution is 2.35. The van der Waals surface area contributed by atoms with Crippen LogP contribution in [0, 0.1) is 6.92 Å². The Morgan fingerprint density at radius 3 is 2.65 bits per heavy atom. The van der Waals surface area contributed by atoms with Gasteiger partial charge < -0.3 is 10.2 Å². The van der Waals surface area contributed by atoms with Gasteiger partial charge in [0.2, 0.25) is 0 Å². The standard InChI is InChI=1S/C13H17N3O3S/c1-6-10-11(20-8(3)7(2)17)9(13(18)19)5-14-12(10)16(4)15-6/h5,7-8,17H,1-4H3,(H,18,19). The van der Waals surface area contributed by atoms with Gasteiger partial charge in [0.05, 0.1) is 22.7 Å². The second-order valence-electron chi connectivity index (χ2n) is 4.78. The van der Waals surface area contributed by atoms with E-state index in [9.17, 15) is 15.0 Å². The number of hydrogen-bond acceptors (Lipinski definition) is 5. The van der Waals surface area contributed by atoms with E-state index in [1.807, 2.05) is 13.8 Å². The minimum atomic E-state index is -1.03. The number of carboxylic acid groups (broad SMARTS) is 1. The summed E-state index contributed by atoms with van der Waals surface area (Å²) in [6.45, 7) is 5.37. The van der Waals surface area contributed by atoms with Crippen LogP contribution in [-0.4, -0.2) is 42.3 Å². The second-order valence-corrected chi connectivity index (χ2v) is 6.16. The smallest absolute Gasteiger partial charge is 0.338 e. The van der Waals surface area contributed by atoms with E-state index in [1.165, 1.54) is 18.0 Å². The topological polar surface area (TPSA) is 88.2 Å². The molecule has 0 bridgehead atoms. The van der Waals surface area contributed by atoms with Gasteiger partial charge in [-0.15, -0.1) is 11.8 Å². The molecule has 0 spiro atoms. The molecule has 0 radical (unpaired) electrons. The molecule has 0 saturated heterocycles. The molecule has 0 aliphatic carbocycles. The number of aromatic carboxylic acids is 1. The molecule has 0 aromatic carbocycles. The summed E-state index contributed by atoms with van der Waals surface area (Å²) < 4.78 is 1.63. The summed E-state index contributed by atoms with van der Waals surface area (Å²) in [6.07, 6.45) is 0.810. The first-order valence-corrected chi connectivity index (χ1v) is 7.11. The first-order chi connectivity index (χ1) is 9.32. The van der Waals surface area contributed by atoms with E-state index in [0.29, 0.717) is 10.5 Å². The fraction of sp³-hybridized carbons (Fsp3) is 0.462. The number of aliphatic hydroxyl groups is 1. The molecule has 7 heteroatoms. The van der Waals surface area contributed by atoms with Crippen LogP contribution in [-0.2, 0) is 7.05 Å². The zero-order chi connectivity index (χ0) is 15.0. The van der Waals surface area contributed by atoms with E-state index < -0.39 is 12.1 Å². The normalized spacial score (nSPS) is 14.4. The first-order valence-electron chi connectivity index (χ1n) is 6.23. The number of hydrogen-bond donors (Lipinski definition) is 2. The number of rotatable bonds is 4. The van der Waals surface area contributed by atoms with Gasteiger partial charge in [0.25, 0.3) is 0 Å². The van der Waals surface area contributed by atoms with Gasteiger partial charge in [-0.1, -0.05) is 6.92 Å². The highest BCUT2D eigenvalue weighted by atomic mass is 32.2. The Morgan fingerprint density at radius 2 is 2.10 bits per heavy atom. The maximum Gasteiger partial charge on any atom is 0.338 e. The third kappa shape index (κ3) is 2.51. The number of thioether (sulfide) groups is 1.